The van der Waals surface area contributed by atoms with Crippen LogP contribution in [0.3, 0.4) is 0 Å². The van der Waals surface area contributed by atoms with Crippen LogP contribution in [0.4, 0.5) is 23.3 Å². The first kappa shape index (κ1) is 20.4. The molecular formula is C22H32N8. The highest BCUT2D eigenvalue weighted by Gasteiger charge is 2.22. The number of piperidine rings is 1. The van der Waals surface area contributed by atoms with Crippen molar-refractivity contribution in [2.45, 2.75) is 57.3 Å². The number of nitrogens with zero attached hydrogens (tertiary/aromatic N) is 4. The Labute approximate surface area is 178 Å². The van der Waals surface area contributed by atoms with Gasteiger partial charge in [0.2, 0.25) is 11.9 Å². The van der Waals surface area contributed by atoms with E-state index in [0.717, 1.165) is 36.2 Å². The third kappa shape index (κ3) is 5.17. The first-order chi connectivity index (χ1) is 14.7. The number of aromatic nitrogens is 3. The quantitative estimate of drug-likeness (QED) is 0.434. The molecule has 1 aliphatic carbocycles. The van der Waals surface area contributed by atoms with Crippen molar-refractivity contribution >= 4 is 29.2 Å². The van der Waals surface area contributed by atoms with Gasteiger partial charge in [-0.3, -0.25) is 5.41 Å². The molecule has 1 aromatic heterocycles. The summed E-state index contributed by atoms with van der Waals surface area (Å²) < 4.78 is 0. The molecule has 8 nitrogen and oxygen atoms in total. The minimum atomic E-state index is 0.261. The highest BCUT2D eigenvalue weighted by Crippen LogP contribution is 2.32. The van der Waals surface area contributed by atoms with Crippen molar-refractivity contribution in [3.8, 4) is 0 Å². The Morgan fingerprint density at radius 1 is 0.900 bits per heavy atom. The van der Waals surface area contributed by atoms with E-state index in [4.69, 9.17) is 20.4 Å². The SMILES string of the molecule is CNC(=N)Nc1ccc(Nc2nc(C3CCCCC3)nc(N3CCCCC3)n2)cc1. The van der Waals surface area contributed by atoms with E-state index in [1.54, 1.807) is 7.05 Å². The summed E-state index contributed by atoms with van der Waals surface area (Å²) in [6, 6.07) is 7.80. The second kappa shape index (κ2) is 9.73. The standard InChI is InChI=1S/C22H32N8/c1-24-20(23)25-17-10-12-18(13-11-17)26-21-27-19(16-8-4-2-5-9-16)28-22(29-21)30-14-6-3-7-15-30/h10-13,16H,2-9,14-15H2,1H3,(H3,23,24,25)(H,26,27,28,29). The second-order valence-corrected chi connectivity index (χ2v) is 8.15. The van der Waals surface area contributed by atoms with Crippen LogP contribution < -0.4 is 20.9 Å². The number of hydrogen-bond donors (Lipinski definition) is 4. The number of rotatable bonds is 5. The summed E-state index contributed by atoms with van der Waals surface area (Å²) in [6.07, 6.45) is 9.85. The molecule has 4 N–H and O–H groups in total. The number of guanidine groups is 1. The van der Waals surface area contributed by atoms with Gasteiger partial charge in [0, 0.05) is 37.4 Å². The highest BCUT2D eigenvalue weighted by molar-refractivity contribution is 5.91. The number of nitrogens with one attached hydrogen (secondary N) is 4. The molecule has 0 amide bonds. The van der Waals surface area contributed by atoms with Crippen LogP contribution in [0.5, 0.6) is 0 Å². The first-order valence-corrected chi connectivity index (χ1v) is 11.1. The monoisotopic (exact) mass is 408 g/mol. The summed E-state index contributed by atoms with van der Waals surface area (Å²) >= 11 is 0. The summed E-state index contributed by atoms with van der Waals surface area (Å²) in [4.78, 5) is 16.8. The lowest BCUT2D eigenvalue weighted by atomic mass is 9.89. The van der Waals surface area contributed by atoms with Crippen molar-refractivity contribution in [1.29, 1.82) is 5.41 Å². The molecule has 0 unspecified atom stereocenters. The topological polar surface area (TPSA) is 102 Å². The van der Waals surface area contributed by atoms with E-state index in [-0.39, 0.29) is 5.96 Å². The zero-order valence-electron chi connectivity index (χ0n) is 17.7. The molecule has 0 radical (unpaired) electrons. The van der Waals surface area contributed by atoms with Crippen molar-refractivity contribution < 1.29 is 0 Å². The van der Waals surface area contributed by atoms with Crippen LogP contribution >= 0.6 is 0 Å². The number of anilines is 4. The Bertz CT molecular complexity index is 802. The van der Waals surface area contributed by atoms with Crippen LogP contribution in [0.15, 0.2) is 24.3 Å². The lowest BCUT2D eigenvalue weighted by molar-refractivity contribution is 0.427. The Morgan fingerprint density at radius 2 is 1.57 bits per heavy atom. The Morgan fingerprint density at radius 3 is 2.27 bits per heavy atom. The van der Waals surface area contributed by atoms with Crippen LogP contribution in [0.25, 0.3) is 0 Å². The van der Waals surface area contributed by atoms with Gasteiger partial charge in [-0.2, -0.15) is 15.0 Å². The van der Waals surface area contributed by atoms with Crippen LogP contribution in [0.1, 0.15) is 63.1 Å². The normalized spacial score (nSPS) is 17.4. The molecule has 1 saturated carbocycles. The Balaban J connectivity index is 1.55. The third-order valence-electron chi connectivity index (χ3n) is 5.91. The molecule has 2 aromatic rings. The molecule has 1 aromatic carbocycles. The second-order valence-electron chi connectivity index (χ2n) is 8.15. The van der Waals surface area contributed by atoms with Crippen molar-refractivity contribution in [2.75, 3.05) is 35.7 Å². The van der Waals surface area contributed by atoms with Gasteiger partial charge >= 0.3 is 0 Å². The van der Waals surface area contributed by atoms with E-state index in [1.165, 1.54) is 51.4 Å². The van der Waals surface area contributed by atoms with Gasteiger partial charge < -0.3 is 20.9 Å². The average molecular weight is 409 g/mol. The van der Waals surface area contributed by atoms with Gasteiger partial charge in [-0.05, 0) is 56.4 Å². The lowest BCUT2D eigenvalue weighted by Crippen LogP contribution is -2.31. The number of hydrogen-bond acceptors (Lipinski definition) is 6. The fourth-order valence-electron chi connectivity index (χ4n) is 4.19. The zero-order valence-corrected chi connectivity index (χ0v) is 17.7. The van der Waals surface area contributed by atoms with Crippen LogP contribution in [0.2, 0.25) is 0 Å². The molecule has 160 valence electrons. The minimum absolute atomic E-state index is 0.261. The molecule has 2 heterocycles. The summed E-state index contributed by atoms with van der Waals surface area (Å²) in [5.74, 6) is 3.07. The van der Waals surface area contributed by atoms with Gasteiger partial charge in [0.05, 0.1) is 0 Å². The van der Waals surface area contributed by atoms with Crippen molar-refractivity contribution in [2.24, 2.45) is 0 Å². The predicted molar refractivity (Wildman–Crippen MR) is 122 cm³/mol. The molecule has 0 spiro atoms. The van der Waals surface area contributed by atoms with E-state index in [0.29, 0.717) is 11.9 Å². The van der Waals surface area contributed by atoms with E-state index >= 15 is 0 Å². The number of benzene rings is 1. The van der Waals surface area contributed by atoms with Gasteiger partial charge in [-0.25, -0.2) is 0 Å². The van der Waals surface area contributed by atoms with Crippen molar-refractivity contribution in [3.63, 3.8) is 0 Å². The van der Waals surface area contributed by atoms with Gasteiger partial charge in [0.1, 0.15) is 5.82 Å². The summed E-state index contributed by atoms with van der Waals surface area (Å²) in [6.45, 7) is 2.04. The lowest BCUT2D eigenvalue weighted by Gasteiger charge is -2.28. The average Bonchev–Trinajstić information content (AvgIpc) is 2.81. The maximum atomic E-state index is 7.68. The van der Waals surface area contributed by atoms with Gasteiger partial charge in [-0.15, -0.1) is 0 Å². The van der Waals surface area contributed by atoms with E-state index in [9.17, 15) is 0 Å². The maximum Gasteiger partial charge on any atom is 0.232 e. The molecule has 1 saturated heterocycles. The molecule has 0 bridgehead atoms. The summed E-state index contributed by atoms with van der Waals surface area (Å²) in [5.41, 5.74) is 1.77. The third-order valence-corrected chi connectivity index (χ3v) is 5.91. The maximum absolute atomic E-state index is 7.68. The highest BCUT2D eigenvalue weighted by atomic mass is 15.3. The molecule has 30 heavy (non-hydrogen) atoms. The van der Waals surface area contributed by atoms with Crippen LogP contribution in [-0.4, -0.2) is 41.0 Å². The molecule has 0 atom stereocenters. The van der Waals surface area contributed by atoms with Gasteiger partial charge in [0.25, 0.3) is 0 Å². The van der Waals surface area contributed by atoms with Gasteiger partial charge in [-0.1, -0.05) is 19.3 Å². The van der Waals surface area contributed by atoms with Crippen molar-refractivity contribution in [1.82, 2.24) is 20.3 Å². The van der Waals surface area contributed by atoms with Gasteiger partial charge in [0.15, 0.2) is 5.96 Å². The Kier molecular flexibility index (Phi) is 6.61. The predicted octanol–water partition coefficient (Wildman–Crippen LogP) is 4.22. The summed E-state index contributed by atoms with van der Waals surface area (Å²) in [7, 11) is 1.72. The molecule has 8 heteroatoms. The molecule has 2 fully saturated rings. The van der Waals surface area contributed by atoms with E-state index in [1.807, 2.05) is 24.3 Å². The largest absolute Gasteiger partial charge is 0.359 e. The van der Waals surface area contributed by atoms with Crippen molar-refractivity contribution in [3.05, 3.63) is 30.1 Å². The fourth-order valence-corrected chi connectivity index (χ4v) is 4.19. The fraction of sp³-hybridized carbons (Fsp3) is 0.545. The summed E-state index contributed by atoms with van der Waals surface area (Å²) in [5, 5.41) is 16.8. The molecule has 2 aliphatic rings. The molecular weight excluding hydrogens is 376 g/mol. The zero-order chi connectivity index (χ0) is 20.8. The van der Waals surface area contributed by atoms with E-state index in [2.05, 4.69) is 20.9 Å². The van der Waals surface area contributed by atoms with Crippen LogP contribution in [-0.2, 0) is 0 Å². The molecule has 4 rings (SSSR count). The Hall–Kier alpha value is -2.90. The first-order valence-electron chi connectivity index (χ1n) is 11.1. The van der Waals surface area contributed by atoms with E-state index < -0.39 is 0 Å². The minimum Gasteiger partial charge on any atom is -0.359 e. The van der Waals surface area contributed by atoms with Crippen LogP contribution in [0, 0.1) is 5.41 Å². The smallest absolute Gasteiger partial charge is 0.232 e. The molecule has 1 aliphatic heterocycles.